The van der Waals surface area contributed by atoms with Crippen LogP contribution in [-0.2, 0) is 13.1 Å². The number of hydrogen-bond donors (Lipinski definition) is 2. The van der Waals surface area contributed by atoms with Crippen LogP contribution in [0.3, 0.4) is 0 Å². The number of aromatic nitrogens is 1. The first-order valence-corrected chi connectivity index (χ1v) is 9.62. The van der Waals surface area contributed by atoms with Crippen LogP contribution < -0.4 is 15.5 Å². The number of guanidine groups is 1. The van der Waals surface area contributed by atoms with Gasteiger partial charge in [-0.05, 0) is 30.5 Å². The first-order valence-electron chi connectivity index (χ1n) is 9.62. The predicted octanol–water partition coefficient (Wildman–Crippen LogP) is 3.43. The second kappa shape index (κ2) is 9.26. The maximum absolute atomic E-state index is 5.37. The zero-order chi connectivity index (χ0) is 19.1. The molecular weight excluding hydrogens is 338 g/mol. The van der Waals surface area contributed by atoms with Gasteiger partial charge in [0.05, 0.1) is 18.8 Å². The van der Waals surface area contributed by atoms with Gasteiger partial charge in [0, 0.05) is 31.4 Å². The van der Waals surface area contributed by atoms with Crippen molar-refractivity contribution >= 4 is 11.6 Å². The standard InChI is InChI=1S/C21H29N5O/c1-4-22-21(24-15-19-13-20(16(2)3)25-27-19)23-14-17-7-9-18(10-8-17)26-11-5-6-12-26/h5-10,13,16H,4,11-12,14-15H2,1-3H3,(H2,22,23,24). The van der Waals surface area contributed by atoms with Crippen LogP contribution in [0.15, 0.2) is 52.0 Å². The van der Waals surface area contributed by atoms with E-state index in [0.717, 1.165) is 37.0 Å². The Kier molecular flexibility index (Phi) is 6.52. The van der Waals surface area contributed by atoms with E-state index in [9.17, 15) is 0 Å². The van der Waals surface area contributed by atoms with Gasteiger partial charge in [0.25, 0.3) is 0 Å². The number of nitrogens with zero attached hydrogens (tertiary/aromatic N) is 3. The van der Waals surface area contributed by atoms with Gasteiger partial charge in [-0.15, -0.1) is 0 Å². The number of anilines is 1. The SMILES string of the molecule is CCNC(=NCc1ccc(N2CC=CC2)cc1)NCc1cc(C(C)C)no1. The maximum atomic E-state index is 5.37. The Labute approximate surface area is 161 Å². The van der Waals surface area contributed by atoms with Gasteiger partial charge in [-0.3, -0.25) is 0 Å². The summed E-state index contributed by atoms with van der Waals surface area (Å²) >= 11 is 0. The van der Waals surface area contributed by atoms with Crippen LogP contribution in [0.25, 0.3) is 0 Å². The van der Waals surface area contributed by atoms with Crippen LogP contribution in [0.2, 0.25) is 0 Å². The van der Waals surface area contributed by atoms with Crippen molar-refractivity contribution in [3.05, 3.63) is 59.5 Å². The lowest BCUT2D eigenvalue weighted by atomic mass is 10.1. The first-order chi connectivity index (χ1) is 13.2. The molecule has 0 fully saturated rings. The molecule has 27 heavy (non-hydrogen) atoms. The summed E-state index contributed by atoms with van der Waals surface area (Å²) in [5.41, 5.74) is 3.41. The van der Waals surface area contributed by atoms with Crippen LogP contribution in [0.1, 0.15) is 43.7 Å². The zero-order valence-corrected chi connectivity index (χ0v) is 16.4. The summed E-state index contributed by atoms with van der Waals surface area (Å²) in [5.74, 6) is 1.95. The average Bonchev–Trinajstić information content (AvgIpc) is 3.36. The molecule has 0 bridgehead atoms. The van der Waals surface area contributed by atoms with Crippen molar-refractivity contribution in [2.45, 2.75) is 39.8 Å². The highest BCUT2D eigenvalue weighted by atomic mass is 16.5. The lowest BCUT2D eigenvalue weighted by Gasteiger charge is -2.17. The number of hydrogen-bond acceptors (Lipinski definition) is 4. The second-order valence-electron chi connectivity index (χ2n) is 6.96. The minimum Gasteiger partial charge on any atom is -0.364 e. The van der Waals surface area contributed by atoms with Crippen molar-refractivity contribution in [1.82, 2.24) is 15.8 Å². The fourth-order valence-corrected chi connectivity index (χ4v) is 2.87. The minimum absolute atomic E-state index is 0.365. The molecule has 1 aromatic heterocycles. The topological polar surface area (TPSA) is 65.7 Å². The van der Waals surface area contributed by atoms with E-state index in [2.05, 4.69) is 82.9 Å². The van der Waals surface area contributed by atoms with Crippen LogP contribution in [0.4, 0.5) is 5.69 Å². The highest BCUT2D eigenvalue weighted by Crippen LogP contribution is 2.18. The quantitative estimate of drug-likeness (QED) is 0.446. The highest BCUT2D eigenvalue weighted by molar-refractivity contribution is 5.79. The Balaban J connectivity index is 1.56. The Bertz CT molecular complexity index is 768. The van der Waals surface area contributed by atoms with E-state index >= 15 is 0 Å². The molecule has 0 amide bonds. The molecule has 0 saturated heterocycles. The van der Waals surface area contributed by atoms with Gasteiger partial charge in [-0.25, -0.2) is 4.99 Å². The minimum atomic E-state index is 0.365. The molecule has 3 rings (SSSR count). The third-order valence-corrected chi connectivity index (χ3v) is 4.48. The molecule has 6 nitrogen and oxygen atoms in total. The largest absolute Gasteiger partial charge is 0.364 e. The van der Waals surface area contributed by atoms with Crippen LogP contribution in [0.5, 0.6) is 0 Å². The molecule has 0 unspecified atom stereocenters. The summed E-state index contributed by atoms with van der Waals surface area (Å²) in [7, 11) is 0. The highest BCUT2D eigenvalue weighted by Gasteiger charge is 2.09. The molecule has 2 heterocycles. The van der Waals surface area contributed by atoms with E-state index in [1.54, 1.807) is 0 Å². The van der Waals surface area contributed by atoms with Crippen molar-refractivity contribution in [2.75, 3.05) is 24.5 Å². The van der Waals surface area contributed by atoms with Gasteiger partial charge in [-0.2, -0.15) is 0 Å². The molecule has 2 N–H and O–H groups in total. The predicted molar refractivity (Wildman–Crippen MR) is 110 cm³/mol. The van der Waals surface area contributed by atoms with Crippen molar-refractivity contribution in [3.8, 4) is 0 Å². The van der Waals surface area contributed by atoms with Gasteiger partial charge in [0.15, 0.2) is 11.7 Å². The fourth-order valence-electron chi connectivity index (χ4n) is 2.87. The smallest absolute Gasteiger partial charge is 0.191 e. The van der Waals surface area contributed by atoms with Gasteiger partial charge in [0.1, 0.15) is 0 Å². The van der Waals surface area contributed by atoms with E-state index in [-0.39, 0.29) is 0 Å². The van der Waals surface area contributed by atoms with Crippen LogP contribution in [0, 0.1) is 0 Å². The Morgan fingerprint density at radius 2 is 1.93 bits per heavy atom. The Morgan fingerprint density at radius 3 is 2.56 bits per heavy atom. The second-order valence-corrected chi connectivity index (χ2v) is 6.96. The van der Waals surface area contributed by atoms with Crippen molar-refractivity contribution in [1.29, 1.82) is 0 Å². The van der Waals surface area contributed by atoms with Crippen molar-refractivity contribution < 1.29 is 4.52 Å². The summed E-state index contributed by atoms with van der Waals surface area (Å²) < 4.78 is 5.37. The molecule has 0 atom stereocenters. The maximum Gasteiger partial charge on any atom is 0.191 e. The van der Waals surface area contributed by atoms with Gasteiger partial charge in [0.2, 0.25) is 0 Å². The Hall–Kier alpha value is -2.76. The fraction of sp³-hybridized carbons (Fsp3) is 0.429. The van der Waals surface area contributed by atoms with Gasteiger partial charge < -0.3 is 20.1 Å². The van der Waals surface area contributed by atoms with E-state index in [1.807, 2.05) is 6.07 Å². The summed E-state index contributed by atoms with van der Waals surface area (Å²) in [4.78, 5) is 7.01. The molecule has 0 aliphatic carbocycles. The van der Waals surface area contributed by atoms with E-state index in [1.165, 1.54) is 11.3 Å². The number of aliphatic imine (C=N–C) groups is 1. The van der Waals surface area contributed by atoms with Gasteiger partial charge >= 0.3 is 0 Å². The Morgan fingerprint density at radius 1 is 1.19 bits per heavy atom. The number of rotatable bonds is 7. The molecule has 1 aliphatic rings. The molecule has 6 heteroatoms. The first kappa shape index (κ1) is 19.0. The zero-order valence-electron chi connectivity index (χ0n) is 16.4. The summed E-state index contributed by atoms with van der Waals surface area (Å²) in [6.45, 7) is 10.2. The monoisotopic (exact) mass is 367 g/mol. The normalized spacial score (nSPS) is 14.2. The van der Waals surface area contributed by atoms with Gasteiger partial charge in [-0.1, -0.05) is 43.3 Å². The summed E-state index contributed by atoms with van der Waals surface area (Å²) in [5, 5.41) is 10.7. The average molecular weight is 367 g/mol. The van der Waals surface area contributed by atoms with Crippen molar-refractivity contribution in [3.63, 3.8) is 0 Å². The molecule has 0 radical (unpaired) electrons. The molecule has 2 aromatic rings. The van der Waals surface area contributed by atoms with Crippen molar-refractivity contribution in [2.24, 2.45) is 4.99 Å². The molecule has 0 spiro atoms. The molecule has 144 valence electrons. The van der Waals surface area contributed by atoms with Crippen LogP contribution >= 0.6 is 0 Å². The van der Waals surface area contributed by atoms with E-state index in [0.29, 0.717) is 19.0 Å². The summed E-state index contributed by atoms with van der Waals surface area (Å²) in [6.07, 6.45) is 4.40. The molecular formula is C21H29N5O. The number of nitrogens with one attached hydrogen (secondary N) is 2. The summed E-state index contributed by atoms with van der Waals surface area (Å²) in [6, 6.07) is 10.6. The van der Waals surface area contributed by atoms with E-state index in [4.69, 9.17) is 4.52 Å². The molecule has 1 aromatic carbocycles. The third-order valence-electron chi connectivity index (χ3n) is 4.48. The third kappa shape index (κ3) is 5.36. The van der Waals surface area contributed by atoms with E-state index < -0.39 is 0 Å². The lowest BCUT2D eigenvalue weighted by Crippen LogP contribution is -2.36. The molecule has 1 aliphatic heterocycles. The van der Waals surface area contributed by atoms with Crippen LogP contribution in [-0.4, -0.2) is 30.8 Å². The molecule has 0 saturated carbocycles. The number of benzene rings is 1. The lowest BCUT2D eigenvalue weighted by molar-refractivity contribution is 0.372.